The lowest BCUT2D eigenvalue weighted by molar-refractivity contribution is -0.120. The van der Waals surface area contributed by atoms with Crippen molar-refractivity contribution < 1.29 is 14.0 Å². The second kappa shape index (κ2) is 6.34. The number of urea groups is 1. The van der Waals surface area contributed by atoms with Crippen LogP contribution in [0.1, 0.15) is 6.92 Å². The molecule has 1 rings (SSSR count). The fourth-order valence-electron chi connectivity index (χ4n) is 1.20. The minimum Gasteiger partial charge on any atom is -0.371 e. The van der Waals surface area contributed by atoms with E-state index in [0.29, 0.717) is 4.47 Å². The molecule has 0 saturated heterocycles. The maximum atomic E-state index is 13.5. The number of nitrogens with one attached hydrogen (secondary N) is 3. The maximum Gasteiger partial charge on any atom is 0.321 e. The summed E-state index contributed by atoms with van der Waals surface area (Å²) in [4.78, 5) is 22.5. The van der Waals surface area contributed by atoms with Crippen molar-refractivity contribution >= 4 is 33.6 Å². The van der Waals surface area contributed by atoms with Crippen LogP contribution in [-0.4, -0.2) is 25.0 Å². The highest BCUT2D eigenvalue weighted by Gasteiger charge is 2.17. The summed E-state index contributed by atoms with van der Waals surface area (Å²) < 4.78 is 14.0. The SMILES string of the molecule is CNC(=O)NC(=O)C(C)Nc1c(F)cccc1Br. The molecule has 0 heterocycles. The summed E-state index contributed by atoms with van der Waals surface area (Å²) in [7, 11) is 1.40. The summed E-state index contributed by atoms with van der Waals surface area (Å²) in [6, 6.07) is 3.10. The molecule has 7 heteroatoms. The predicted octanol–water partition coefficient (Wildman–Crippen LogP) is 1.84. The van der Waals surface area contributed by atoms with Gasteiger partial charge in [-0.3, -0.25) is 10.1 Å². The number of benzene rings is 1. The van der Waals surface area contributed by atoms with Crippen molar-refractivity contribution in [3.8, 4) is 0 Å². The minimum atomic E-state index is -0.754. The van der Waals surface area contributed by atoms with Crippen LogP contribution in [0.4, 0.5) is 14.9 Å². The number of anilines is 1. The first-order valence-corrected chi connectivity index (χ1v) is 5.98. The fraction of sp³-hybridized carbons (Fsp3) is 0.273. The van der Waals surface area contributed by atoms with Gasteiger partial charge >= 0.3 is 6.03 Å². The van der Waals surface area contributed by atoms with E-state index < -0.39 is 23.8 Å². The summed E-state index contributed by atoms with van der Waals surface area (Å²) in [6.07, 6.45) is 0. The lowest BCUT2D eigenvalue weighted by Crippen LogP contribution is -2.44. The van der Waals surface area contributed by atoms with Crippen molar-refractivity contribution in [3.05, 3.63) is 28.5 Å². The second-order valence-electron chi connectivity index (χ2n) is 3.53. The van der Waals surface area contributed by atoms with E-state index in [-0.39, 0.29) is 5.69 Å². The highest BCUT2D eigenvalue weighted by molar-refractivity contribution is 9.10. The topological polar surface area (TPSA) is 70.2 Å². The molecule has 1 unspecified atom stereocenters. The van der Waals surface area contributed by atoms with E-state index in [2.05, 4.69) is 31.9 Å². The van der Waals surface area contributed by atoms with E-state index in [1.54, 1.807) is 12.1 Å². The minimum absolute atomic E-state index is 0.178. The number of carbonyl (C=O) groups excluding carboxylic acids is 2. The van der Waals surface area contributed by atoms with Gasteiger partial charge in [0.1, 0.15) is 11.9 Å². The van der Waals surface area contributed by atoms with Crippen molar-refractivity contribution in [1.29, 1.82) is 0 Å². The third kappa shape index (κ3) is 3.69. The summed E-state index contributed by atoms with van der Waals surface area (Å²) in [5.74, 6) is -1.03. The van der Waals surface area contributed by atoms with E-state index >= 15 is 0 Å². The van der Waals surface area contributed by atoms with Crippen LogP contribution in [-0.2, 0) is 4.79 Å². The molecule has 0 saturated carbocycles. The van der Waals surface area contributed by atoms with Crippen LogP contribution in [0.15, 0.2) is 22.7 Å². The largest absolute Gasteiger partial charge is 0.371 e. The number of carbonyl (C=O) groups is 2. The Bertz CT molecular complexity index is 447. The molecule has 0 radical (unpaired) electrons. The van der Waals surface area contributed by atoms with Crippen molar-refractivity contribution in [2.75, 3.05) is 12.4 Å². The Hall–Kier alpha value is -1.63. The van der Waals surface area contributed by atoms with E-state index in [4.69, 9.17) is 0 Å². The molecule has 18 heavy (non-hydrogen) atoms. The Balaban J connectivity index is 2.72. The highest BCUT2D eigenvalue weighted by Crippen LogP contribution is 2.25. The smallest absolute Gasteiger partial charge is 0.321 e. The van der Waals surface area contributed by atoms with E-state index in [9.17, 15) is 14.0 Å². The zero-order valence-corrected chi connectivity index (χ0v) is 11.5. The zero-order chi connectivity index (χ0) is 13.7. The van der Waals surface area contributed by atoms with Crippen LogP contribution in [0, 0.1) is 5.82 Å². The summed E-state index contributed by atoms with van der Waals surface area (Å²) >= 11 is 3.18. The first kappa shape index (κ1) is 14.4. The van der Waals surface area contributed by atoms with Gasteiger partial charge in [-0.05, 0) is 35.0 Å². The third-order valence-electron chi connectivity index (χ3n) is 2.18. The molecule has 5 nitrogen and oxygen atoms in total. The molecule has 1 aromatic rings. The molecule has 1 aromatic carbocycles. The van der Waals surface area contributed by atoms with Crippen molar-refractivity contribution in [2.45, 2.75) is 13.0 Å². The first-order chi connectivity index (χ1) is 8.45. The van der Waals surface area contributed by atoms with Gasteiger partial charge in [0.05, 0.1) is 5.69 Å². The van der Waals surface area contributed by atoms with Gasteiger partial charge in [-0.25, -0.2) is 9.18 Å². The van der Waals surface area contributed by atoms with Gasteiger partial charge in [-0.15, -0.1) is 0 Å². The second-order valence-corrected chi connectivity index (χ2v) is 4.39. The Morgan fingerprint density at radius 2 is 2.06 bits per heavy atom. The van der Waals surface area contributed by atoms with E-state index in [1.807, 2.05) is 0 Å². The number of rotatable bonds is 3. The van der Waals surface area contributed by atoms with Crippen molar-refractivity contribution in [2.24, 2.45) is 0 Å². The fourth-order valence-corrected chi connectivity index (χ4v) is 1.66. The Morgan fingerprint density at radius 1 is 1.39 bits per heavy atom. The van der Waals surface area contributed by atoms with E-state index in [0.717, 1.165) is 0 Å². The molecule has 0 fully saturated rings. The van der Waals surface area contributed by atoms with Gasteiger partial charge < -0.3 is 10.6 Å². The molecule has 3 N–H and O–H groups in total. The Kier molecular flexibility index (Phi) is 5.08. The van der Waals surface area contributed by atoms with Crippen molar-refractivity contribution in [1.82, 2.24) is 10.6 Å². The van der Waals surface area contributed by atoms with Crippen LogP contribution in [0.2, 0.25) is 0 Å². The zero-order valence-electron chi connectivity index (χ0n) is 9.88. The van der Waals surface area contributed by atoms with Gasteiger partial charge in [0.2, 0.25) is 5.91 Å². The number of halogens is 2. The van der Waals surface area contributed by atoms with Gasteiger partial charge in [-0.1, -0.05) is 6.07 Å². The number of imide groups is 1. The standard InChI is InChI=1S/C11H13BrFN3O2/c1-6(10(17)16-11(18)14-2)15-9-7(12)4-3-5-8(9)13/h3-6,15H,1-2H3,(H2,14,16,17,18). The van der Waals surface area contributed by atoms with Crippen LogP contribution in [0.25, 0.3) is 0 Å². The van der Waals surface area contributed by atoms with Gasteiger partial charge in [0.25, 0.3) is 0 Å². The first-order valence-electron chi connectivity index (χ1n) is 5.18. The summed E-state index contributed by atoms with van der Waals surface area (Å²) in [5, 5.41) is 7.05. The van der Waals surface area contributed by atoms with Crippen LogP contribution < -0.4 is 16.0 Å². The lowest BCUT2D eigenvalue weighted by Gasteiger charge is -2.16. The molecule has 0 aliphatic heterocycles. The summed E-state index contributed by atoms with van der Waals surface area (Å²) in [5.41, 5.74) is 0.178. The quantitative estimate of drug-likeness (QED) is 0.796. The van der Waals surface area contributed by atoms with Crippen LogP contribution in [0.5, 0.6) is 0 Å². The van der Waals surface area contributed by atoms with Crippen LogP contribution >= 0.6 is 15.9 Å². The highest BCUT2D eigenvalue weighted by atomic mass is 79.9. The predicted molar refractivity (Wildman–Crippen MR) is 69.8 cm³/mol. The Morgan fingerprint density at radius 3 is 2.61 bits per heavy atom. The third-order valence-corrected chi connectivity index (χ3v) is 2.84. The number of hydrogen-bond acceptors (Lipinski definition) is 3. The number of para-hydroxylation sites is 1. The van der Waals surface area contributed by atoms with E-state index in [1.165, 1.54) is 20.0 Å². The maximum absolute atomic E-state index is 13.5. The summed E-state index contributed by atoms with van der Waals surface area (Å²) in [6.45, 7) is 1.52. The molecule has 0 aromatic heterocycles. The number of hydrogen-bond donors (Lipinski definition) is 3. The van der Waals surface area contributed by atoms with Crippen molar-refractivity contribution in [3.63, 3.8) is 0 Å². The lowest BCUT2D eigenvalue weighted by atomic mass is 10.2. The molecule has 0 aliphatic rings. The van der Waals surface area contributed by atoms with Gasteiger partial charge in [0, 0.05) is 11.5 Å². The van der Waals surface area contributed by atoms with Gasteiger partial charge in [-0.2, -0.15) is 0 Å². The van der Waals surface area contributed by atoms with Crippen LogP contribution in [0.3, 0.4) is 0 Å². The molecule has 3 amide bonds. The normalized spacial score (nSPS) is 11.6. The molecule has 0 aliphatic carbocycles. The Labute approximate surface area is 112 Å². The molecule has 98 valence electrons. The molecular weight excluding hydrogens is 305 g/mol. The molecule has 1 atom stereocenters. The average molecular weight is 318 g/mol. The molecular formula is C11H13BrFN3O2. The number of amides is 3. The van der Waals surface area contributed by atoms with Gasteiger partial charge in [0.15, 0.2) is 0 Å². The molecule has 0 spiro atoms. The monoisotopic (exact) mass is 317 g/mol. The molecule has 0 bridgehead atoms. The average Bonchev–Trinajstić information content (AvgIpc) is 2.33.